The minimum Gasteiger partial charge on any atom is -0.374 e. The lowest BCUT2D eigenvalue weighted by Crippen LogP contribution is -2.48. The van der Waals surface area contributed by atoms with Crippen LogP contribution in [0.15, 0.2) is 23.2 Å². The van der Waals surface area contributed by atoms with Gasteiger partial charge in [0.05, 0.1) is 24.8 Å². The number of hydrogen-bond donors (Lipinski definition) is 2. The summed E-state index contributed by atoms with van der Waals surface area (Å²) in [4.78, 5) is 6.34. The molecular weight excluding hydrogens is 352 g/mol. The van der Waals surface area contributed by atoms with Crippen LogP contribution in [0.1, 0.15) is 18.1 Å². The number of rotatable bonds is 5. The summed E-state index contributed by atoms with van der Waals surface area (Å²) in [5, 5.41) is 6.07. The Labute approximate surface area is 150 Å². The van der Waals surface area contributed by atoms with Crippen LogP contribution in [-0.2, 0) is 17.5 Å². The molecule has 1 aromatic rings. The summed E-state index contributed by atoms with van der Waals surface area (Å²) in [7, 11) is 2.00. The topological polar surface area (TPSA) is 48.9 Å². The predicted molar refractivity (Wildman–Crippen MR) is 91.5 cm³/mol. The first-order valence-corrected chi connectivity index (χ1v) is 8.47. The highest BCUT2D eigenvalue weighted by atomic mass is 19.4. The molecule has 0 bridgehead atoms. The number of likely N-dealkylation sites (N-methyl/N-ethyl adjacent to an activating group) is 1. The minimum atomic E-state index is -4.63. The van der Waals surface area contributed by atoms with Gasteiger partial charge in [0.2, 0.25) is 0 Å². The maximum absolute atomic E-state index is 13.2. The van der Waals surface area contributed by atoms with E-state index in [1.165, 1.54) is 0 Å². The van der Waals surface area contributed by atoms with Gasteiger partial charge in [-0.1, -0.05) is 6.07 Å². The first kappa shape index (κ1) is 20.4. The molecule has 1 aliphatic rings. The summed E-state index contributed by atoms with van der Waals surface area (Å²) in [5.41, 5.74) is -1.08. The van der Waals surface area contributed by atoms with Crippen molar-refractivity contribution in [2.24, 2.45) is 4.99 Å². The molecule has 2 rings (SSSR count). The molecule has 9 heteroatoms. The Morgan fingerprint density at radius 3 is 2.77 bits per heavy atom. The summed E-state index contributed by atoms with van der Waals surface area (Å²) >= 11 is 0. The Balaban J connectivity index is 2.04. The molecule has 1 atom stereocenters. The van der Waals surface area contributed by atoms with Crippen LogP contribution in [0, 0.1) is 5.82 Å². The number of nitrogens with one attached hydrogen (secondary N) is 2. The highest BCUT2D eigenvalue weighted by Crippen LogP contribution is 2.32. The Kier molecular flexibility index (Phi) is 7.22. The van der Waals surface area contributed by atoms with Gasteiger partial charge in [-0.25, -0.2) is 9.38 Å². The molecule has 5 nitrogen and oxygen atoms in total. The van der Waals surface area contributed by atoms with Crippen LogP contribution < -0.4 is 10.6 Å². The van der Waals surface area contributed by atoms with Gasteiger partial charge < -0.3 is 20.3 Å². The molecule has 1 fully saturated rings. The van der Waals surface area contributed by atoms with E-state index >= 15 is 0 Å². The standard InChI is InChI=1S/C17H24F4N4O/c1-3-22-16(24-10-14-11-25(2)6-7-26-14)23-9-12-4-5-13(18)8-15(12)17(19,20)21/h4-5,8,14H,3,6-7,9-11H2,1-2H3,(H2,22,23,24). The summed E-state index contributed by atoms with van der Waals surface area (Å²) < 4.78 is 58.0. The maximum atomic E-state index is 13.2. The van der Waals surface area contributed by atoms with Crippen LogP contribution in [0.25, 0.3) is 0 Å². The predicted octanol–water partition coefficient (Wildman–Crippen LogP) is 2.23. The molecule has 0 spiro atoms. The number of hydrogen-bond acceptors (Lipinski definition) is 3. The zero-order valence-electron chi connectivity index (χ0n) is 14.9. The maximum Gasteiger partial charge on any atom is 0.416 e. The van der Waals surface area contributed by atoms with Gasteiger partial charge >= 0.3 is 6.18 Å². The second kappa shape index (κ2) is 9.18. The van der Waals surface area contributed by atoms with Gasteiger partial charge in [0.1, 0.15) is 5.82 Å². The minimum absolute atomic E-state index is 0.0193. The van der Waals surface area contributed by atoms with E-state index in [1.54, 1.807) is 0 Å². The molecule has 1 aromatic carbocycles. The zero-order valence-corrected chi connectivity index (χ0v) is 14.9. The van der Waals surface area contributed by atoms with Crippen molar-refractivity contribution in [3.63, 3.8) is 0 Å². The van der Waals surface area contributed by atoms with Crippen LogP contribution in [0.2, 0.25) is 0 Å². The average Bonchev–Trinajstić information content (AvgIpc) is 2.57. The third-order valence-corrected chi connectivity index (χ3v) is 3.97. The van der Waals surface area contributed by atoms with E-state index in [0.29, 0.717) is 31.7 Å². The van der Waals surface area contributed by atoms with E-state index in [-0.39, 0.29) is 18.2 Å². The van der Waals surface area contributed by atoms with E-state index in [2.05, 4.69) is 20.5 Å². The summed E-state index contributed by atoms with van der Waals surface area (Å²) in [6.07, 6.45) is -4.65. The van der Waals surface area contributed by atoms with Crippen molar-refractivity contribution >= 4 is 5.96 Å². The van der Waals surface area contributed by atoms with Crippen LogP contribution in [0.3, 0.4) is 0 Å². The van der Waals surface area contributed by atoms with Crippen molar-refractivity contribution in [1.82, 2.24) is 15.5 Å². The van der Waals surface area contributed by atoms with Gasteiger partial charge in [0.25, 0.3) is 0 Å². The molecule has 26 heavy (non-hydrogen) atoms. The zero-order chi connectivity index (χ0) is 19.2. The van der Waals surface area contributed by atoms with E-state index in [1.807, 2.05) is 14.0 Å². The summed E-state index contributed by atoms with van der Waals surface area (Å²) in [6.45, 7) is 4.98. The molecule has 0 radical (unpaired) electrons. The Bertz CT molecular complexity index is 621. The monoisotopic (exact) mass is 376 g/mol. The molecular formula is C17H24F4N4O. The number of halogens is 4. The van der Waals surface area contributed by atoms with Gasteiger partial charge in [-0.15, -0.1) is 0 Å². The molecule has 0 saturated carbocycles. The molecule has 1 heterocycles. The lowest BCUT2D eigenvalue weighted by molar-refractivity contribution is -0.138. The second-order valence-corrected chi connectivity index (χ2v) is 6.13. The Morgan fingerprint density at radius 1 is 1.35 bits per heavy atom. The number of guanidine groups is 1. The summed E-state index contributed by atoms with van der Waals surface area (Å²) in [6, 6.07) is 2.62. The van der Waals surface area contributed by atoms with Crippen molar-refractivity contribution in [2.75, 3.05) is 39.8 Å². The van der Waals surface area contributed by atoms with Gasteiger partial charge in [0, 0.05) is 26.2 Å². The number of nitrogens with zero attached hydrogens (tertiary/aromatic N) is 2. The third-order valence-electron chi connectivity index (χ3n) is 3.97. The fourth-order valence-corrected chi connectivity index (χ4v) is 2.66. The second-order valence-electron chi connectivity index (χ2n) is 6.13. The van der Waals surface area contributed by atoms with Crippen molar-refractivity contribution in [2.45, 2.75) is 25.7 Å². The Hall–Kier alpha value is -1.87. The molecule has 0 aliphatic carbocycles. The average molecular weight is 376 g/mol. The highest BCUT2D eigenvalue weighted by Gasteiger charge is 2.33. The quantitative estimate of drug-likeness (QED) is 0.470. The fraction of sp³-hybridized carbons (Fsp3) is 0.588. The summed E-state index contributed by atoms with van der Waals surface area (Å²) in [5.74, 6) is -0.532. The van der Waals surface area contributed by atoms with Crippen molar-refractivity contribution in [3.8, 4) is 0 Å². The van der Waals surface area contributed by atoms with Gasteiger partial charge in [-0.05, 0) is 31.7 Å². The van der Waals surface area contributed by atoms with E-state index in [9.17, 15) is 17.6 Å². The first-order valence-electron chi connectivity index (χ1n) is 8.47. The molecule has 1 aliphatic heterocycles. The SMILES string of the molecule is CCNC(=NCc1ccc(F)cc1C(F)(F)F)NCC1CN(C)CCO1. The number of ether oxygens (including phenoxy) is 1. The highest BCUT2D eigenvalue weighted by molar-refractivity contribution is 5.79. The molecule has 0 amide bonds. The van der Waals surface area contributed by atoms with Gasteiger partial charge in [-0.3, -0.25) is 0 Å². The van der Waals surface area contributed by atoms with Crippen molar-refractivity contribution in [1.29, 1.82) is 0 Å². The van der Waals surface area contributed by atoms with E-state index in [4.69, 9.17) is 4.74 Å². The van der Waals surface area contributed by atoms with Crippen LogP contribution in [0.4, 0.5) is 17.6 Å². The number of aliphatic imine (C=N–C) groups is 1. The van der Waals surface area contributed by atoms with Crippen molar-refractivity contribution in [3.05, 3.63) is 35.1 Å². The molecule has 0 aromatic heterocycles. The Morgan fingerprint density at radius 2 is 2.12 bits per heavy atom. The van der Waals surface area contributed by atoms with E-state index < -0.39 is 17.6 Å². The van der Waals surface area contributed by atoms with Crippen LogP contribution in [-0.4, -0.2) is 56.8 Å². The van der Waals surface area contributed by atoms with Crippen molar-refractivity contribution < 1.29 is 22.3 Å². The number of alkyl halides is 3. The smallest absolute Gasteiger partial charge is 0.374 e. The fourth-order valence-electron chi connectivity index (χ4n) is 2.66. The third kappa shape index (κ3) is 6.14. The van der Waals surface area contributed by atoms with Gasteiger partial charge in [0.15, 0.2) is 5.96 Å². The largest absolute Gasteiger partial charge is 0.416 e. The van der Waals surface area contributed by atoms with Crippen LogP contribution >= 0.6 is 0 Å². The first-order chi connectivity index (χ1) is 12.3. The number of morpholine rings is 1. The number of benzene rings is 1. The lowest BCUT2D eigenvalue weighted by Gasteiger charge is -2.30. The molecule has 2 N–H and O–H groups in total. The lowest BCUT2D eigenvalue weighted by atomic mass is 10.1. The normalized spacial score (nSPS) is 19.5. The van der Waals surface area contributed by atoms with E-state index in [0.717, 1.165) is 25.2 Å². The van der Waals surface area contributed by atoms with Crippen LogP contribution in [0.5, 0.6) is 0 Å². The molecule has 146 valence electrons. The van der Waals surface area contributed by atoms with Gasteiger partial charge in [-0.2, -0.15) is 13.2 Å². The molecule has 1 saturated heterocycles. The molecule has 1 unspecified atom stereocenters.